The van der Waals surface area contributed by atoms with Gasteiger partial charge in [-0.15, -0.1) is 11.3 Å². The van der Waals surface area contributed by atoms with Gasteiger partial charge < -0.3 is 15.3 Å². The highest BCUT2D eigenvalue weighted by molar-refractivity contribution is 7.15. The van der Waals surface area contributed by atoms with Crippen LogP contribution in [0.2, 0.25) is 0 Å². The van der Waals surface area contributed by atoms with Crippen molar-refractivity contribution in [1.29, 1.82) is 0 Å². The maximum atomic E-state index is 12.8. The molecule has 0 aliphatic carbocycles. The Bertz CT molecular complexity index is 838. The van der Waals surface area contributed by atoms with Gasteiger partial charge in [-0.3, -0.25) is 9.59 Å². The van der Waals surface area contributed by atoms with Gasteiger partial charge in [-0.25, -0.2) is 4.79 Å². The van der Waals surface area contributed by atoms with E-state index in [9.17, 15) is 14.4 Å². The summed E-state index contributed by atoms with van der Waals surface area (Å²) in [5.41, 5.74) is 0.886. The van der Waals surface area contributed by atoms with Crippen molar-refractivity contribution in [1.82, 2.24) is 4.90 Å². The number of para-hydroxylation sites is 1. The molecule has 136 valence electrons. The van der Waals surface area contributed by atoms with Crippen molar-refractivity contribution in [3.8, 4) is 0 Å². The lowest BCUT2D eigenvalue weighted by Crippen LogP contribution is -2.38. The van der Waals surface area contributed by atoms with Gasteiger partial charge in [-0.1, -0.05) is 19.1 Å². The van der Waals surface area contributed by atoms with Crippen molar-refractivity contribution < 1.29 is 19.5 Å². The Morgan fingerprint density at radius 3 is 2.38 bits per heavy atom. The van der Waals surface area contributed by atoms with Crippen LogP contribution < -0.4 is 5.32 Å². The van der Waals surface area contributed by atoms with Crippen molar-refractivity contribution in [3.05, 3.63) is 51.7 Å². The lowest BCUT2D eigenvalue weighted by molar-refractivity contribution is 0.0690. The van der Waals surface area contributed by atoms with Crippen LogP contribution in [0.5, 0.6) is 0 Å². The van der Waals surface area contributed by atoms with E-state index < -0.39 is 11.9 Å². The topological polar surface area (TPSA) is 86.7 Å². The van der Waals surface area contributed by atoms with E-state index in [-0.39, 0.29) is 15.7 Å². The smallest absolute Gasteiger partial charge is 0.345 e. The normalized spacial score (nSPS) is 14.9. The van der Waals surface area contributed by atoms with E-state index in [0.717, 1.165) is 37.3 Å². The van der Waals surface area contributed by atoms with Crippen molar-refractivity contribution in [2.24, 2.45) is 5.92 Å². The summed E-state index contributed by atoms with van der Waals surface area (Å²) in [6.07, 6.45) is 1.96. The lowest BCUT2D eigenvalue weighted by atomic mass is 9.98. The third-order valence-corrected chi connectivity index (χ3v) is 5.59. The molecule has 6 nitrogen and oxygen atoms in total. The Hall–Kier alpha value is -2.67. The van der Waals surface area contributed by atoms with Crippen LogP contribution in [0.25, 0.3) is 0 Å². The number of carboxylic acid groups (broad SMARTS) is 1. The summed E-state index contributed by atoms with van der Waals surface area (Å²) in [5.74, 6) is -0.958. The molecule has 0 radical (unpaired) electrons. The Morgan fingerprint density at radius 1 is 1.08 bits per heavy atom. The van der Waals surface area contributed by atoms with E-state index in [1.54, 1.807) is 24.3 Å². The van der Waals surface area contributed by atoms with Gasteiger partial charge in [-0.05, 0) is 43.0 Å². The number of carbonyl (C=O) groups is 3. The molecule has 1 saturated heterocycles. The molecule has 7 heteroatoms. The summed E-state index contributed by atoms with van der Waals surface area (Å²) in [5, 5.41) is 11.7. The lowest BCUT2D eigenvalue weighted by Gasteiger charge is -2.30. The predicted octanol–water partition coefficient (Wildman–Crippen LogP) is 3.57. The minimum atomic E-state index is -1.07. The van der Waals surface area contributed by atoms with E-state index in [0.29, 0.717) is 17.2 Å². The Morgan fingerprint density at radius 2 is 1.73 bits per heavy atom. The number of hydrogen-bond acceptors (Lipinski definition) is 4. The number of likely N-dealkylation sites (tertiary alicyclic amines) is 1. The van der Waals surface area contributed by atoms with Gasteiger partial charge in [0, 0.05) is 13.1 Å². The number of aromatic carboxylic acids is 1. The predicted molar refractivity (Wildman–Crippen MR) is 100.0 cm³/mol. The molecular weight excluding hydrogens is 352 g/mol. The second-order valence-corrected chi connectivity index (χ2v) is 7.53. The number of hydrogen-bond donors (Lipinski definition) is 2. The minimum absolute atomic E-state index is 0.0924. The van der Waals surface area contributed by atoms with Crippen LogP contribution in [0, 0.1) is 5.92 Å². The molecule has 2 aromatic rings. The first-order chi connectivity index (χ1) is 12.5. The standard InChI is InChI=1S/C19H20N2O4S/c1-12-8-10-21(11-9-12)18(23)13-4-2-3-5-14(13)20-17(22)15-6-7-16(26-15)19(24)25/h2-7,12H,8-11H2,1H3,(H,20,22)(H,24,25). The molecule has 1 aromatic carbocycles. The Kier molecular flexibility index (Phi) is 5.37. The van der Waals surface area contributed by atoms with E-state index in [1.807, 2.05) is 4.90 Å². The number of nitrogens with one attached hydrogen (secondary N) is 1. The van der Waals surface area contributed by atoms with Gasteiger partial charge in [0.1, 0.15) is 4.88 Å². The molecule has 0 atom stereocenters. The molecular formula is C19H20N2O4S. The summed E-state index contributed by atoms with van der Waals surface area (Å²) >= 11 is 0.904. The minimum Gasteiger partial charge on any atom is -0.477 e. The zero-order valence-corrected chi connectivity index (χ0v) is 15.2. The summed E-state index contributed by atoms with van der Waals surface area (Å²) in [6, 6.07) is 9.77. The zero-order valence-electron chi connectivity index (χ0n) is 14.4. The maximum absolute atomic E-state index is 12.8. The second-order valence-electron chi connectivity index (χ2n) is 6.44. The largest absolute Gasteiger partial charge is 0.477 e. The zero-order chi connectivity index (χ0) is 18.7. The molecule has 1 aliphatic heterocycles. The van der Waals surface area contributed by atoms with Gasteiger partial charge >= 0.3 is 5.97 Å². The van der Waals surface area contributed by atoms with Crippen LogP contribution in [0.15, 0.2) is 36.4 Å². The molecule has 26 heavy (non-hydrogen) atoms. The number of carboxylic acids is 1. The number of nitrogens with zero attached hydrogens (tertiary/aromatic N) is 1. The first-order valence-electron chi connectivity index (χ1n) is 8.48. The molecule has 1 fully saturated rings. The van der Waals surface area contributed by atoms with Gasteiger partial charge in [-0.2, -0.15) is 0 Å². The monoisotopic (exact) mass is 372 g/mol. The van der Waals surface area contributed by atoms with E-state index in [4.69, 9.17) is 5.11 Å². The van der Waals surface area contributed by atoms with Crippen LogP contribution in [-0.2, 0) is 0 Å². The first kappa shape index (κ1) is 18.1. The maximum Gasteiger partial charge on any atom is 0.345 e. The van der Waals surface area contributed by atoms with Crippen molar-refractivity contribution in [3.63, 3.8) is 0 Å². The summed E-state index contributed by atoms with van der Waals surface area (Å²) in [7, 11) is 0. The number of carbonyl (C=O) groups excluding carboxylic acids is 2. The van der Waals surface area contributed by atoms with Gasteiger partial charge in [0.25, 0.3) is 11.8 Å². The number of rotatable bonds is 4. The molecule has 1 aliphatic rings. The van der Waals surface area contributed by atoms with Crippen LogP contribution in [0.4, 0.5) is 5.69 Å². The molecule has 1 aromatic heterocycles. The molecule has 2 N–H and O–H groups in total. The quantitative estimate of drug-likeness (QED) is 0.859. The number of benzene rings is 1. The van der Waals surface area contributed by atoms with Crippen LogP contribution in [-0.4, -0.2) is 40.9 Å². The fourth-order valence-corrected chi connectivity index (χ4v) is 3.66. The number of piperidine rings is 1. The second kappa shape index (κ2) is 7.70. The van der Waals surface area contributed by atoms with Crippen LogP contribution in [0.1, 0.15) is 49.5 Å². The molecule has 0 saturated carbocycles. The third kappa shape index (κ3) is 3.94. The highest BCUT2D eigenvalue weighted by Gasteiger charge is 2.24. The molecule has 3 rings (SSSR count). The average molecular weight is 372 g/mol. The third-order valence-electron chi connectivity index (χ3n) is 4.52. The van der Waals surface area contributed by atoms with Crippen molar-refractivity contribution >= 4 is 34.8 Å². The van der Waals surface area contributed by atoms with Crippen LogP contribution in [0.3, 0.4) is 0 Å². The van der Waals surface area contributed by atoms with Gasteiger partial charge in [0.05, 0.1) is 16.1 Å². The van der Waals surface area contributed by atoms with E-state index in [2.05, 4.69) is 12.2 Å². The number of amides is 2. The molecule has 2 heterocycles. The summed E-state index contributed by atoms with van der Waals surface area (Å²) in [6.45, 7) is 3.62. The Labute approximate surface area is 155 Å². The van der Waals surface area contributed by atoms with Crippen molar-refractivity contribution in [2.75, 3.05) is 18.4 Å². The average Bonchev–Trinajstić information content (AvgIpc) is 3.13. The number of anilines is 1. The van der Waals surface area contributed by atoms with Gasteiger partial charge in [0.15, 0.2) is 0 Å². The number of thiophene rings is 1. The fraction of sp³-hybridized carbons (Fsp3) is 0.316. The SMILES string of the molecule is CC1CCN(C(=O)c2ccccc2NC(=O)c2ccc(C(=O)O)s2)CC1. The fourth-order valence-electron chi connectivity index (χ4n) is 2.92. The molecule has 2 amide bonds. The molecule has 0 spiro atoms. The van der Waals surface area contributed by atoms with Crippen molar-refractivity contribution in [2.45, 2.75) is 19.8 Å². The molecule has 0 bridgehead atoms. The Balaban J connectivity index is 1.77. The first-order valence-corrected chi connectivity index (χ1v) is 9.30. The highest BCUT2D eigenvalue weighted by Crippen LogP contribution is 2.24. The van der Waals surface area contributed by atoms with E-state index >= 15 is 0 Å². The highest BCUT2D eigenvalue weighted by atomic mass is 32.1. The van der Waals surface area contributed by atoms with Crippen LogP contribution >= 0.6 is 11.3 Å². The van der Waals surface area contributed by atoms with Gasteiger partial charge in [0.2, 0.25) is 0 Å². The summed E-state index contributed by atoms with van der Waals surface area (Å²) < 4.78 is 0. The molecule has 0 unspecified atom stereocenters. The van der Waals surface area contributed by atoms with E-state index in [1.165, 1.54) is 12.1 Å². The summed E-state index contributed by atoms with van der Waals surface area (Å²) in [4.78, 5) is 38.4.